The molecule has 0 aliphatic carbocycles. The van der Waals surface area contributed by atoms with Gasteiger partial charge in [0.15, 0.2) is 6.10 Å². The molecule has 6 heteroatoms. The van der Waals surface area contributed by atoms with Crippen LogP contribution in [0.4, 0.5) is 0 Å². The predicted octanol–water partition coefficient (Wildman–Crippen LogP) is 25.1. The Morgan fingerprint density at radius 3 is 0.756 bits per heavy atom. The number of rotatable bonds is 67. The number of unbranched alkanes of at least 4 members (excludes halogenated alkanes) is 46. The van der Waals surface area contributed by atoms with E-state index in [4.69, 9.17) is 14.2 Å². The summed E-state index contributed by atoms with van der Waals surface area (Å²) in [6.45, 7) is 6.55. The van der Waals surface area contributed by atoms with Crippen LogP contribution in [0.15, 0.2) is 60.8 Å². The van der Waals surface area contributed by atoms with E-state index in [-0.39, 0.29) is 31.1 Å². The van der Waals surface area contributed by atoms with Crippen molar-refractivity contribution in [1.29, 1.82) is 0 Å². The number of ether oxygens (including phenoxy) is 3. The number of carbonyl (C=O) groups is 3. The molecular formula is C76H138O6. The highest BCUT2D eigenvalue weighted by molar-refractivity contribution is 5.71. The third-order valence-corrected chi connectivity index (χ3v) is 16.3. The Kier molecular flexibility index (Phi) is 68.1. The van der Waals surface area contributed by atoms with Crippen LogP contribution in [0, 0.1) is 0 Å². The first-order chi connectivity index (χ1) is 40.5. The molecule has 0 spiro atoms. The minimum absolute atomic E-state index is 0.0780. The summed E-state index contributed by atoms with van der Waals surface area (Å²) in [7, 11) is 0. The van der Waals surface area contributed by atoms with Crippen molar-refractivity contribution < 1.29 is 28.6 Å². The monoisotopic (exact) mass is 1150 g/mol. The van der Waals surface area contributed by atoms with Gasteiger partial charge in [0.25, 0.3) is 0 Å². The Labute approximate surface area is 510 Å². The van der Waals surface area contributed by atoms with Gasteiger partial charge in [-0.2, -0.15) is 0 Å². The van der Waals surface area contributed by atoms with Crippen molar-refractivity contribution in [3.05, 3.63) is 60.8 Å². The third-order valence-electron chi connectivity index (χ3n) is 16.3. The molecule has 0 bridgehead atoms. The maximum atomic E-state index is 12.9. The van der Waals surface area contributed by atoms with Crippen LogP contribution in [0.1, 0.15) is 387 Å². The minimum Gasteiger partial charge on any atom is -0.462 e. The number of hydrogen-bond acceptors (Lipinski definition) is 6. The van der Waals surface area contributed by atoms with Crippen molar-refractivity contribution in [2.24, 2.45) is 0 Å². The molecule has 0 amide bonds. The highest BCUT2D eigenvalue weighted by Gasteiger charge is 2.19. The van der Waals surface area contributed by atoms with E-state index < -0.39 is 6.10 Å². The zero-order chi connectivity index (χ0) is 59.2. The maximum Gasteiger partial charge on any atom is 0.306 e. The lowest BCUT2D eigenvalue weighted by Crippen LogP contribution is -2.30. The second-order valence-electron chi connectivity index (χ2n) is 24.5. The summed E-state index contributed by atoms with van der Waals surface area (Å²) in [4.78, 5) is 38.3. The zero-order valence-electron chi connectivity index (χ0n) is 55.0. The van der Waals surface area contributed by atoms with Gasteiger partial charge in [0.2, 0.25) is 0 Å². The van der Waals surface area contributed by atoms with Crippen molar-refractivity contribution in [3.8, 4) is 0 Å². The average molecular weight is 1150 g/mol. The molecule has 0 aromatic carbocycles. The summed E-state index contributed by atoms with van der Waals surface area (Å²) in [5.41, 5.74) is 0. The normalized spacial score (nSPS) is 12.4. The quantitative estimate of drug-likeness (QED) is 0.0261. The van der Waals surface area contributed by atoms with Crippen LogP contribution >= 0.6 is 0 Å². The number of carbonyl (C=O) groups excluding carboxylic acids is 3. The van der Waals surface area contributed by atoms with E-state index in [1.54, 1.807) is 0 Å². The topological polar surface area (TPSA) is 78.9 Å². The fourth-order valence-electron chi connectivity index (χ4n) is 10.8. The molecule has 1 unspecified atom stereocenters. The Balaban J connectivity index is 4.08. The van der Waals surface area contributed by atoms with Gasteiger partial charge in [-0.1, -0.05) is 345 Å². The fraction of sp³-hybridized carbons (Fsp3) is 0.829. The standard InChI is InChI=1S/C76H138O6/c1-4-7-10-13-16-19-22-25-27-29-30-31-32-33-34-35-36-37-38-39-40-41-42-43-44-45-46-47-49-51-54-57-60-63-66-69-75(78)81-72-73(71-80-74(77)68-65-62-59-56-53-50-24-21-18-15-12-9-6-3)82-76(79)70-67-64-61-58-55-52-48-28-26-23-20-17-14-11-8-5-2/h9,12,18,21-22,25,29-30,50,53,73H,4-8,10-11,13-17,19-20,23-24,26-28,31-49,51-52,54-72H2,1-3H3/b12-9-,21-18-,25-22-,30-29-,53-50-. The van der Waals surface area contributed by atoms with Crippen molar-refractivity contribution in [3.63, 3.8) is 0 Å². The predicted molar refractivity (Wildman–Crippen MR) is 358 cm³/mol. The Bertz CT molecular complexity index is 1460. The lowest BCUT2D eigenvalue weighted by atomic mass is 10.0. The Morgan fingerprint density at radius 1 is 0.256 bits per heavy atom. The van der Waals surface area contributed by atoms with Gasteiger partial charge in [-0.3, -0.25) is 14.4 Å². The van der Waals surface area contributed by atoms with E-state index in [2.05, 4.69) is 81.5 Å². The molecule has 0 aromatic rings. The summed E-state index contributed by atoms with van der Waals surface area (Å²) in [5.74, 6) is -0.884. The summed E-state index contributed by atoms with van der Waals surface area (Å²) >= 11 is 0. The van der Waals surface area contributed by atoms with Crippen molar-refractivity contribution in [2.45, 2.75) is 393 Å². The fourth-order valence-corrected chi connectivity index (χ4v) is 10.8. The molecule has 82 heavy (non-hydrogen) atoms. The Hall–Kier alpha value is -2.89. The van der Waals surface area contributed by atoms with Gasteiger partial charge in [-0.15, -0.1) is 0 Å². The molecule has 0 saturated heterocycles. The largest absolute Gasteiger partial charge is 0.462 e. The molecule has 0 aliphatic rings. The van der Waals surface area contributed by atoms with Crippen molar-refractivity contribution in [1.82, 2.24) is 0 Å². The van der Waals surface area contributed by atoms with E-state index >= 15 is 0 Å². The molecule has 0 fully saturated rings. The maximum absolute atomic E-state index is 12.9. The van der Waals surface area contributed by atoms with Crippen LogP contribution in [0.2, 0.25) is 0 Å². The van der Waals surface area contributed by atoms with E-state index in [0.29, 0.717) is 19.3 Å². The SMILES string of the molecule is CC/C=C\C/C=C\C/C=C\CCCCCC(=O)OCC(COC(=O)CCCCCCCCCCCCCCCCCCCCCCCCC/C=C\C/C=C\CCCCCCC)OC(=O)CCCCCCCCCCCCCCCCCC. The smallest absolute Gasteiger partial charge is 0.306 e. The summed E-state index contributed by atoms with van der Waals surface area (Å²) in [5, 5.41) is 0. The van der Waals surface area contributed by atoms with Crippen LogP contribution in [0.3, 0.4) is 0 Å². The van der Waals surface area contributed by atoms with Crippen molar-refractivity contribution in [2.75, 3.05) is 13.2 Å². The molecule has 0 aromatic heterocycles. The number of hydrogen-bond donors (Lipinski definition) is 0. The summed E-state index contributed by atoms with van der Waals surface area (Å²) < 4.78 is 16.9. The first kappa shape index (κ1) is 79.1. The first-order valence-electron chi connectivity index (χ1n) is 36.3. The molecule has 0 aliphatic heterocycles. The average Bonchev–Trinajstić information content (AvgIpc) is 3.47. The molecule has 0 heterocycles. The van der Waals surface area contributed by atoms with E-state index in [0.717, 1.165) is 89.9 Å². The number of allylic oxidation sites excluding steroid dienone is 10. The summed E-state index contributed by atoms with van der Waals surface area (Å²) in [6, 6.07) is 0. The van der Waals surface area contributed by atoms with Crippen LogP contribution in [-0.2, 0) is 28.6 Å². The third kappa shape index (κ3) is 67.9. The van der Waals surface area contributed by atoms with E-state index in [1.807, 2.05) is 0 Å². The lowest BCUT2D eigenvalue weighted by molar-refractivity contribution is -0.167. The van der Waals surface area contributed by atoms with E-state index in [9.17, 15) is 14.4 Å². The van der Waals surface area contributed by atoms with Gasteiger partial charge in [-0.25, -0.2) is 0 Å². The van der Waals surface area contributed by atoms with Crippen LogP contribution in [0.5, 0.6) is 0 Å². The van der Waals surface area contributed by atoms with Gasteiger partial charge >= 0.3 is 17.9 Å². The minimum atomic E-state index is -0.783. The van der Waals surface area contributed by atoms with Gasteiger partial charge in [0, 0.05) is 19.3 Å². The lowest BCUT2D eigenvalue weighted by Gasteiger charge is -2.18. The molecule has 0 radical (unpaired) electrons. The van der Waals surface area contributed by atoms with Gasteiger partial charge in [0.05, 0.1) is 0 Å². The Morgan fingerprint density at radius 2 is 0.476 bits per heavy atom. The summed E-state index contributed by atoms with van der Waals surface area (Å²) in [6.07, 6.45) is 91.4. The van der Waals surface area contributed by atoms with E-state index in [1.165, 1.54) is 257 Å². The molecule has 1 atom stereocenters. The van der Waals surface area contributed by atoms with Gasteiger partial charge < -0.3 is 14.2 Å². The molecule has 0 saturated carbocycles. The van der Waals surface area contributed by atoms with Crippen molar-refractivity contribution >= 4 is 17.9 Å². The molecule has 478 valence electrons. The van der Waals surface area contributed by atoms with Gasteiger partial charge in [0.1, 0.15) is 13.2 Å². The zero-order valence-corrected chi connectivity index (χ0v) is 55.0. The number of esters is 3. The second-order valence-corrected chi connectivity index (χ2v) is 24.5. The molecule has 0 N–H and O–H groups in total. The van der Waals surface area contributed by atoms with Crippen LogP contribution in [-0.4, -0.2) is 37.2 Å². The second kappa shape index (κ2) is 70.6. The van der Waals surface area contributed by atoms with Crippen LogP contribution < -0.4 is 0 Å². The first-order valence-corrected chi connectivity index (χ1v) is 36.3. The molecular weight excluding hydrogens is 1010 g/mol. The molecule has 0 rings (SSSR count). The molecule has 6 nitrogen and oxygen atoms in total. The van der Waals surface area contributed by atoms with Crippen LogP contribution in [0.25, 0.3) is 0 Å². The highest BCUT2D eigenvalue weighted by Crippen LogP contribution is 2.19. The highest BCUT2D eigenvalue weighted by atomic mass is 16.6. The van der Waals surface area contributed by atoms with Gasteiger partial charge in [-0.05, 0) is 83.5 Å².